The Morgan fingerprint density at radius 2 is 1.45 bits per heavy atom. The van der Waals surface area contributed by atoms with Crippen molar-refractivity contribution in [1.29, 1.82) is 0 Å². The zero-order valence-electron chi connectivity index (χ0n) is 19.5. The Bertz CT molecular complexity index is 946. The standard InChI is InChI=1S/C25H34ClFO5S/c1-4-5-14-33(29,30)18-21(27)16-31-23-10-6-19(7-11-23)25(2,3)20-8-12-24(13-9-20)32-17-22(28)15-26/h6-13,21-22,28H,4-5,14-18H2,1-3H3/i27-1. The molecule has 1 N–H and O–H groups in total. The summed E-state index contributed by atoms with van der Waals surface area (Å²) in [4.78, 5) is 0. The quantitative estimate of drug-likeness (QED) is 0.373. The summed E-state index contributed by atoms with van der Waals surface area (Å²) in [5, 5.41) is 9.51. The van der Waals surface area contributed by atoms with E-state index in [-0.39, 0.29) is 30.3 Å². The second kappa shape index (κ2) is 12.6. The molecule has 0 amide bonds. The average Bonchev–Trinajstić information content (AvgIpc) is 2.80. The summed E-state index contributed by atoms with van der Waals surface area (Å²) in [6.45, 7) is 5.92. The van der Waals surface area contributed by atoms with Gasteiger partial charge in [0.15, 0.2) is 9.84 Å². The largest absolute Gasteiger partial charge is 0.491 e. The maximum atomic E-state index is 14.1. The smallest absolute Gasteiger partial charge is 0.153 e. The molecule has 2 unspecified atom stereocenters. The lowest BCUT2D eigenvalue weighted by molar-refractivity contribution is 0.125. The molecule has 0 heterocycles. The Labute approximate surface area is 201 Å². The molecule has 0 fully saturated rings. The predicted octanol–water partition coefficient (Wildman–Crippen LogP) is 4.92. The van der Waals surface area contributed by atoms with Crippen LogP contribution < -0.4 is 9.47 Å². The average molecular weight is 500 g/mol. The van der Waals surface area contributed by atoms with Crippen LogP contribution in [0.5, 0.6) is 11.5 Å². The van der Waals surface area contributed by atoms with Gasteiger partial charge in [0.1, 0.15) is 37.0 Å². The number of hydrogen-bond acceptors (Lipinski definition) is 5. The van der Waals surface area contributed by atoms with Crippen LogP contribution in [0.4, 0.5) is 4.39 Å². The Kier molecular flexibility index (Phi) is 10.5. The fourth-order valence-corrected chi connectivity index (χ4v) is 4.93. The molecule has 0 saturated heterocycles. The van der Waals surface area contributed by atoms with E-state index in [1.54, 1.807) is 12.1 Å². The van der Waals surface area contributed by atoms with Crippen LogP contribution in [-0.2, 0) is 15.3 Å². The van der Waals surface area contributed by atoms with Crippen LogP contribution in [0.1, 0.15) is 44.7 Å². The summed E-state index contributed by atoms with van der Waals surface area (Å²) in [5.74, 6) is 0.762. The number of ether oxygens (including phenoxy) is 2. The molecule has 0 bridgehead atoms. The van der Waals surface area contributed by atoms with E-state index in [1.165, 1.54) is 0 Å². The highest BCUT2D eigenvalue weighted by atomic mass is 35.5. The van der Waals surface area contributed by atoms with E-state index >= 15 is 0 Å². The molecule has 0 aliphatic carbocycles. The van der Waals surface area contributed by atoms with Gasteiger partial charge in [-0.1, -0.05) is 51.5 Å². The molecule has 2 aromatic rings. The van der Waals surface area contributed by atoms with Crippen molar-refractivity contribution in [3.63, 3.8) is 0 Å². The van der Waals surface area contributed by atoms with Crippen molar-refractivity contribution in [1.82, 2.24) is 0 Å². The molecule has 184 valence electrons. The normalized spacial score (nSPS) is 14.0. The van der Waals surface area contributed by atoms with E-state index in [0.717, 1.165) is 17.5 Å². The van der Waals surface area contributed by atoms with Crippen LogP contribution in [0.25, 0.3) is 0 Å². The fraction of sp³-hybridized carbons (Fsp3) is 0.520. The van der Waals surface area contributed by atoms with Crippen molar-refractivity contribution in [2.75, 3.05) is 30.6 Å². The SMILES string of the molecule is CCCCS(=O)(=O)CC([18F])COc1ccc(C(C)(C)c2ccc(OCC(O)CCl)cc2)cc1. The van der Waals surface area contributed by atoms with Crippen LogP contribution >= 0.6 is 11.6 Å². The van der Waals surface area contributed by atoms with Crippen LogP contribution in [0.3, 0.4) is 0 Å². The van der Waals surface area contributed by atoms with Crippen LogP contribution in [0.15, 0.2) is 48.5 Å². The predicted molar refractivity (Wildman–Crippen MR) is 131 cm³/mol. The van der Waals surface area contributed by atoms with E-state index in [1.807, 2.05) is 43.3 Å². The second-order valence-electron chi connectivity index (χ2n) is 8.67. The Morgan fingerprint density at radius 1 is 0.970 bits per heavy atom. The summed E-state index contributed by atoms with van der Waals surface area (Å²) < 4.78 is 48.9. The molecule has 0 saturated carbocycles. The third-order valence-electron chi connectivity index (χ3n) is 5.45. The molecular weight excluding hydrogens is 466 g/mol. The molecule has 0 aromatic heterocycles. The lowest BCUT2D eigenvalue weighted by atomic mass is 9.78. The Morgan fingerprint density at radius 3 is 1.91 bits per heavy atom. The summed E-state index contributed by atoms with van der Waals surface area (Å²) in [6, 6.07) is 15.0. The van der Waals surface area contributed by atoms with Gasteiger partial charge in [-0.15, -0.1) is 11.6 Å². The maximum Gasteiger partial charge on any atom is 0.153 e. The first-order valence-electron chi connectivity index (χ1n) is 11.1. The van der Waals surface area contributed by atoms with Crippen LogP contribution in [0, 0.1) is 0 Å². The van der Waals surface area contributed by atoms with E-state index < -0.39 is 27.9 Å². The molecule has 0 aliphatic heterocycles. The summed E-state index contributed by atoms with van der Waals surface area (Å²) in [6.07, 6.45) is -0.970. The van der Waals surface area contributed by atoms with E-state index in [9.17, 15) is 17.9 Å². The highest BCUT2D eigenvalue weighted by molar-refractivity contribution is 7.91. The topological polar surface area (TPSA) is 72.8 Å². The van der Waals surface area contributed by atoms with Gasteiger partial charge in [-0.25, -0.2) is 12.8 Å². The number of unbranched alkanes of at least 4 members (excludes halogenated alkanes) is 1. The number of hydrogen-bond donors (Lipinski definition) is 1. The Hall–Kier alpha value is -1.83. The van der Waals surface area contributed by atoms with E-state index in [4.69, 9.17) is 21.1 Å². The van der Waals surface area contributed by atoms with Crippen molar-refractivity contribution < 1.29 is 27.4 Å². The van der Waals surface area contributed by atoms with Gasteiger partial charge in [-0.05, 0) is 41.8 Å². The van der Waals surface area contributed by atoms with Crippen molar-refractivity contribution in [3.05, 3.63) is 59.7 Å². The highest BCUT2D eigenvalue weighted by Gasteiger charge is 2.23. The molecule has 2 aromatic carbocycles. The zero-order chi connectivity index (χ0) is 24.5. The minimum absolute atomic E-state index is 0.0101. The van der Waals surface area contributed by atoms with Crippen molar-refractivity contribution >= 4 is 21.4 Å². The first-order valence-corrected chi connectivity index (χ1v) is 13.5. The molecule has 8 heteroatoms. The van der Waals surface area contributed by atoms with Gasteiger partial charge in [0.05, 0.1) is 17.4 Å². The van der Waals surface area contributed by atoms with Gasteiger partial charge in [0, 0.05) is 5.41 Å². The highest BCUT2D eigenvalue weighted by Crippen LogP contribution is 2.33. The molecule has 5 nitrogen and oxygen atoms in total. The van der Waals surface area contributed by atoms with E-state index in [0.29, 0.717) is 17.9 Å². The summed E-state index contributed by atoms with van der Waals surface area (Å²) in [5.41, 5.74) is 1.81. The molecule has 0 aliphatic rings. The maximum absolute atomic E-state index is 14.1. The van der Waals surface area contributed by atoms with Gasteiger partial charge in [-0.2, -0.15) is 0 Å². The number of halogens is 2. The fourth-order valence-electron chi connectivity index (χ4n) is 3.30. The molecule has 0 radical (unpaired) electrons. The lowest BCUT2D eigenvalue weighted by Crippen LogP contribution is -2.25. The first kappa shape index (κ1) is 27.4. The third kappa shape index (κ3) is 8.80. The third-order valence-corrected chi connectivity index (χ3v) is 7.58. The first-order chi connectivity index (χ1) is 15.6. The van der Waals surface area contributed by atoms with Crippen molar-refractivity contribution in [2.24, 2.45) is 0 Å². The minimum Gasteiger partial charge on any atom is -0.491 e. The molecular formula is C25H34ClFO5S. The molecule has 33 heavy (non-hydrogen) atoms. The Balaban J connectivity index is 1.95. The van der Waals surface area contributed by atoms with Crippen LogP contribution in [-0.4, -0.2) is 56.4 Å². The number of aliphatic hydroxyl groups excluding tert-OH is 1. The summed E-state index contributed by atoms with van der Waals surface area (Å²) >= 11 is 5.58. The van der Waals surface area contributed by atoms with Crippen molar-refractivity contribution in [3.8, 4) is 11.5 Å². The van der Waals surface area contributed by atoms with Crippen molar-refractivity contribution in [2.45, 2.75) is 51.3 Å². The molecule has 2 atom stereocenters. The number of rotatable bonds is 14. The van der Waals surface area contributed by atoms with Gasteiger partial charge in [0.2, 0.25) is 0 Å². The summed E-state index contributed by atoms with van der Waals surface area (Å²) in [7, 11) is -3.40. The van der Waals surface area contributed by atoms with Gasteiger partial charge < -0.3 is 14.6 Å². The lowest BCUT2D eigenvalue weighted by Gasteiger charge is -2.26. The minimum atomic E-state index is -3.40. The molecule has 0 spiro atoms. The van der Waals surface area contributed by atoms with Gasteiger partial charge >= 0.3 is 0 Å². The monoisotopic (exact) mass is 499 g/mol. The molecule has 2 rings (SSSR count). The number of sulfone groups is 1. The second-order valence-corrected chi connectivity index (χ2v) is 11.2. The number of aliphatic hydroxyl groups is 1. The number of benzene rings is 2. The van der Waals surface area contributed by atoms with Gasteiger partial charge in [0.25, 0.3) is 0 Å². The van der Waals surface area contributed by atoms with Gasteiger partial charge in [-0.3, -0.25) is 0 Å². The van der Waals surface area contributed by atoms with Crippen LogP contribution in [0.2, 0.25) is 0 Å². The number of alkyl halides is 2. The van der Waals surface area contributed by atoms with E-state index in [2.05, 4.69) is 13.8 Å². The zero-order valence-corrected chi connectivity index (χ0v) is 21.0.